The van der Waals surface area contributed by atoms with Gasteiger partial charge in [-0.15, -0.1) is 92.8 Å². The van der Waals surface area contributed by atoms with Gasteiger partial charge in [0.1, 0.15) is 0 Å². The Morgan fingerprint density at radius 2 is 0.205 bits per heavy atom. The molecule has 0 aliphatic carbocycles. The Morgan fingerprint density at radius 1 is 0.145 bits per heavy atom. The molecule has 0 aliphatic rings. The molecule has 0 fully saturated rings. The third kappa shape index (κ3) is 100. The smallest absolute Gasteiger partial charge is 1.00 e. The largest absolute Gasteiger partial charge is 2.00 e. The first kappa shape index (κ1) is 142. The van der Waals surface area contributed by atoms with Gasteiger partial charge in [0.15, 0.2) is 0 Å². The van der Waals surface area contributed by atoms with Crippen molar-refractivity contribution < 1.29 is 204 Å². The van der Waals surface area contributed by atoms with Crippen molar-refractivity contribution in [3.05, 3.63) is 361 Å². The van der Waals surface area contributed by atoms with Gasteiger partial charge in [0, 0.05) is 143 Å². The van der Waals surface area contributed by atoms with E-state index in [0.717, 1.165) is 0 Å². The summed E-state index contributed by atoms with van der Waals surface area (Å²) in [6.45, 7) is -2.66. The van der Waals surface area contributed by atoms with Crippen molar-refractivity contribution in [1.82, 2.24) is 59.8 Å². The molecule has 0 aromatic carbocycles. The second-order valence-electron chi connectivity index (χ2n) is 18.0. The van der Waals surface area contributed by atoms with E-state index in [9.17, 15) is 61.3 Å². The van der Waals surface area contributed by atoms with E-state index in [2.05, 4.69) is 59.8 Å². The molecule has 0 N–H and O–H groups in total. The summed E-state index contributed by atoms with van der Waals surface area (Å²) in [6, 6.07) is 63.7. The second-order valence-corrected chi connectivity index (χ2v) is 21.2. The zero-order valence-corrected chi connectivity index (χ0v) is 76.3. The molecular formula is C76H80Cl10Co7N12O12. The number of alkyl halides is 8. The van der Waals surface area contributed by atoms with E-state index in [1.165, 1.54) is 0 Å². The molecule has 7 radical (unpaired) electrons. The number of rotatable bonds is 12. The fraction of sp³-hybridized carbons (Fsp3) is 0.211. The van der Waals surface area contributed by atoms with E-state index in [1.807, 2.05) is 0 Å². The van der Waals surface area contributed by atoms with Gasteiger partial charge in [0.05, 0.1) is 21.4 Å². The standard InChI is InChI=1S/12C6H6NO.4CH2Cl2.2ClH.7Co/c12*8-5-6-3-1-2-4-7-6;4*2-1-3;;;;;;;;;/h12*1-4H,5H2;4*1H2;2*1H;;;;;;;/q12*-1;;;;;;;7*+2/p-2. The van der Waals surface area contributed by atoms with Gasteiger partial charge in [-0.2, -0.15) is 0 Å². The minimum atomic E-state index is -0.221. The van der Waals surface area contributed by atoms with Crippen LogP contribution in [0.3, 0.4) is 0 Å². The summed E-state index contributed by atoms with van der Waals surface area (Å²) in [5.74, 6) is 0. The third-order valence-corrected chi connectivity index (χ3v) is 10.5. The molecule has 12 aromatic rings. The van der Waals surface area contributed by atoms with Crippen molar-refractivity contribution >= 4 is 92.8 Å². The summed E-state index contributed by atoms with van der Waals surface area (Å²) in [5.41, 5.74) is 7.25. The fourth-order valence-electron chi connectivity index (χ4n) is 5.80. The minimum Gasteiger partial charge on any atom is -1.00 e. The maximum Gasteiger partial charge on any atom is 2.00 e. The van der Waals surface area contributed by atoms with E-state index in [4.69, 9.17) is 92.8 Å². The van der Waals surface area contributed by atoms with Crippen LogP contribution in [-0.4, -0.2) is 81.2 Å². The predicted molar refractivity (Wildman–Crippen MR) is 402 cm³/mol. The first-order chi connectivity index (χ1) is 52.8. The van der Waals surface area contributed by atoms with Gasteiger partial charge in [-0.05, 0) is 146 Å². The molecule has 0 aliphatic heterocycles. The van der Waals surface area contributed by atoms with E-state index in [1.54, 1.807) is 293 Å². The van der Waals surface area contributed by atoms with Gasteiger partial charge in [0.2, 0.25) is 0 Å². The number of nitrogens with zero attached hydrogens (tertiary/aromatic N) is 12. The van der Waals surface area contributed by atoms with Gasteiger partial charge in [-0.25, -0.2) is 0 Å². The van der Waals surface area contributed by atoms with Crippen LogP contribution in [0.15, 0.2) is 293 Å². The van der Waals surface area contributed by atoms with Crippen molar-refractivity contribution in [1.29, 1.82) is 0 Å². The zero-order valence-electron chi connectivity index (χ0n) is 61.4. The molecule has 12 aromatic heterocycles. The number of aromatic nitrogens is 12. The number of hydrogen-bond donors (Lipinski definition) is 0. The summed E-state index contributed by atoms with van der Waals surface area (Å²) in [6.07, 6.45) is 19.4. The monoisotopic (exact) mass is 2110 g/mol. The van der Waals surface area contributed by atoms with E-state index in [-0.39, 0.29) is 243 Å². The third-order valence-electron chi connectivity index (χ3n) is 10.5. The molecule has 0 saturated heterocycles. The summed E-state index contributed by atoms with van der Waals surface area (Å²) >= 11 is 38.1. The molecule has 0 saturated carbocycles. The first-order valence-electron chi connectivity index (χ1n) is 31.1. The Kier molecular flexibility index (Phi) is 143. The SMILES string of the molecule is ClCCl.ClCCl.ClCCl.ClCCl.[Cl-].[Cl-].[Co+2].[Co+2].[Co+2].[Co+2].[Co+2].[Co+2].[Co+2].[O-]Cc1ccccn1.[O-]Cc1ccccn1.[O-]Cc1ccccn1.[O-]Cc1ccccn1.[O-]Cc1ccccn1.[O-]Cc1ccccn1.[O-]Cc1ccccn1.[O-]Cc1ccccn1.[O-]Cc1ccccn1.[O-]Cc1ccccn1.[O-]Cc1ccccn1.[O-]Cc1ccccn1. The van der Waals surface area contributed by atoms with Gasteiger partial charge >= 0.3 is 117 Å². The minimum absolute atomic E-state index is 0. The molecule has 24 nitrogen and oxygen atoms in total. The van der Waals surface area contributed by atoms with Gasteiger partial charge in [0.25, 0.3) is 0 Å². The predicted octanol–water partition coefficient (Wildman–Crippen LogP) is -1.02. The maximum atomic E-state index is 10.1. The Bertz CT molecular complexity index is 2800. The van der Waals surface area contributed by atoms with E-state index in [0.29, 0.717) is 68.3 Å². The summed E-state index contributed by atoms with van der Waals surface area (Å²) in [4.78, 5) is 45.4. The molecule has 41 heteroatoms. The van der Waals surface area contributed by atoms with Crippen LogP contribution in [0, 0.1) is 0 Å². The average molecular weight is 2120 g/mol. The Labute approximate surface area is 809 Å². The zero-order chi connectivity index (χ0) is 80.7. The Balaban J connectivity index is -0.0000000899. The normalized spacial score (nSPS) is 8.10. The molecular weight excluding hydrogens is 2040 g/mol. The molecule has 117 heavy (non-hydrogen) atoms. The van der Waals surface area contributed by atoms with Gasteiger partial charge in [-0.1, -0.05) is 152 Å². The average Bonchev–Trinajstić information content (AvgIpc) is 1.20. The van der Waals surface area contributed by atoms with Crippen molar-refractivity contribution in [3.8, 4) is 0 Å². The van der Waals surface area contributed by atoms with Crippen molar-refractivity contribution in [2.24, 2.45) is 0 Å². The summed E-state index contributed by atoms with van der Waals surface area (Å²) < 4.78 is 0. The van der Waals surface area contributed by atoms with Crippen molar-refractivity contribution in [2.75, 3.05) is 21.4 Å². The second kappa shape index (κ2) is 118. The molecule has 0 atom stereocenters. The number of hydrogen-bond acceptors (Lipinski definition) is 24. The van der Waals surface area contributed by atoms with Crippen LogP contribution in [0.4, 0.5) is 0 Å². The molecule has 12 heterocycles. The van der Waals surface area contributed by atoms with E-state index < -0.39 is 0 Å². The maximum absolute atomic E-state index is 10.1. The fourth-order valence-corrected chi connectivity index (χ4v) is 5.80. The van der Waals surface area contributed by atoms with Gasteiger partial charge in [-0.3, -0.25) is 59.8 Å². The number of halogens is 10. The first-order valence-corrected chi connectivity index (χ1v) is 35.4. The summed E-state index contributed by atoms with van der Waals surface area (Å²) in [7, 11) is 0. The topological polar surface area (TPSA) is 431 Å². The van der Waals surface area contributed by atoms with E-state index >= 15 is 0 Å². The molecule has 12 rings (SSSR count). The number of pyridine rings is 12. The van der Waals surface area contributed by atoms with Crippen molar-refractivity contribution in [3.63, 3.8) is 0 Å². The van der Waals surface area contributed by atoms with Crippen LogP contribution >= 0.6 is 92.8 Å². The van der Waals surface area contributed by atoms with Gasteiger partial charge < -0.3 is 86.1 Å². The van der Waals surface area contributed by atoms with Crippen LogP contribution in [0.25, 0.3) is 0 Å². The van der Waals surface area contributed by atoms with Crippen LogP contribution < -0.4 is 86.1 Å². The summed E-state index contributed by atoms with van der Waals surface area (Å²) in [5, 5.41) is 122. The molecule has 649 valence electrons. The quantitative estimate of drug-likeness (QED) is 0.132. The molecule has 0 amide bonds. The van der Waals surface area contributed by atoms with Crippen LogP contribution in [0.5, 0.6) is 0 Å². The molecule has 0 spiro atoms. The van der Waals surface area contributed by atoms with Crippen LogP contribution in [-0.2, 0) is 197 Å². The van der Waals surface area contributed by atoms with Crippen LogP contribution in [0.2, 0.25) is 0 Å². The van der Waals surface area contributed by atoms with Crippen LogP contribution in [0.1, 0.15) is 68.3 Å². The Morgan fingerprint density at radius 3 is 0.231 bits per heavy atom. The molecule has 0 unspecified atom stereocenters. The van der Waals surface area contributed by atoms with Crippen molar-refractivity contribution in [2.45, 2.75) is 79.3 Å². The Hall–Kier alpha value is -4.23. The molecule has 0 bridgehead atoms.